The first-order valence-electron chi connectivity index (χ1n) is 6.97. The van der Waals surface area contributed by atoms with Crippen LogP contribution in [0.15, 0.2) is 34.1 Å². The molecule has 11 heteroatoms. The number of hydrogen-bond acceptors (Lipinski definition) is 8. The number of carbonyl (C=O) groups is 3. The van der Waals surface area contributed by atoms with Crippen molar-refractivity contribution in [3.63, 3.8) is 0 Å². The molecule has 2 aromatic rings. The van der Waals surface area contributed by atoms with Gasteiger partial charge in [0.15, 0.2) is 6.61 Å². The predicted octanol–water partition coefficient (Wildman–Crippen LogP) is 1.47. The topological polar surface area (TPSA) is 141 Å². The number of nitrogens with zero attached hydrogens (tertiary/aromatic N) is 1. The Kier molecular flexibility index (Phi) is 6.23. The largest absolute Gasteiger partial charge is 0.450 e. The zero-order chi connectivity index (χ0) is 18.2. The standard InChI is InChI=1S/C14H13N3O7S/c18-11(16-14(20)15-6-5-9-2-1-7-25-9)8-23-13(19)10-3-4-12(24-10)17(21)22/h1-4,7H,5-6,8H2,(H2,15,16,18,20). The molecule has 25 heavy (non-hydrogen) atoms. The number of carbonyl (C=O) groups excluding carboxylic acids is 3. The monoisotopic (exact) mass is 367 g/mol. The fourth-order valence-electron chi connectivity index (χ4n) is 1.70. The van der Waals surface area contributed by atoms with E-state index in [-0.39, 0.29) is 0 Å². The third-order valence-electron chi connectivity index (χ3n) is 2.80. The van der Waals surface area contributed by atoms with Crippen LogP contribution in [0.3, 0.4) is 0 Å². The molecular formula is C14H13N3O7S. The number of furan rings is 1. The summed E-state index contributed by atoms with van der Waals surface area (Å²) in [5.74, 6) is -2.94. The summed E-state index contributed by atoms with van der Waals surface area (Å²) in [5, 5.41) is 16.8. The van der Waals surface area contributed by atoms with Crippen LogP contribution in [0.5, 0.6) is 0 Å². The lowest BCUT2D eigenvalue weighted by atomic mass is 10.3. The van der Waals surface area contributed by atoms with Gasteiger partial charge >= 0.3 is 17.9 Å². The van der Waals surface area contributed by atoms with Gasteiger partial charge in [0.05, 0.1) is 6.07 Å². The van der Waals surface area contributed by atoms with Gasteiger partial charge in [0, 0.05) is 11.4 Å². The molecule has 0 aliphatic rings. The van der Waals surface area contributed by atoms with E-state index < -0.39 is 41.1 Å². The molecule has 0 unspecified atom stereocenters. The first-order chi connectivity index (χ1) is 12.0. The molecular weight excluding hydrogens is 354 g/mol. The van der Waals surface area contributed by atoms with Crippen molar-refractivity contribution < 1.29 is 28.5 Å². The van der Waals surface area contributed by atoms with Gasteiger partial charge in [-0.2, -0.15) is 0 Å². The Morgan fingerprint density at radius 3 is 2.72 bits per heavy atom. The molecule has 2 heterocycles. The van der Waals surface area contributed by atoms with Crippen LogP contribution in [-0.2, 0) is 16.0 Å². The molecule has 2 aromatic heterocycles. The van der Waals surface area contributed by atoms with Crippen molar-refractivity contribution in [1.82, 2.24) is 10.6 Å². The molecule has 132 valence electrons. The Balaban J connectivity index is 1.67. The van der Waals surface area contributed by atoms with Gasteiger partial charge in [0.2, 0.25) is 5.76 Å². The van der Waals surface area contributed by atoms with E-state index in [0.717, 1.165) is 17.0 Å². The predicted molar refractivity (Wildman–Crippen MR) is 85.2 cm³/mol. The van der Waals surface area contributed by atoms with Crippen molar-refractivity contribution >= 4 is 35.1 Å². The Labute approximate surface area is 144 Å². The molecule has 10 nitrogen and oxygen atoms in total. The van der Waals surface area contributed by atoms with Crippen molar-refractivity contribution in [3.8, 4) is 0 Å². The highest BCUT2D eigenvalue weighted by atomic mass is 32.1. The normalized spacial score (nSPS) is 10.1. The minimum absolute atomic E-state index is 0.343. The van der Waals surface area contributed by atoms with E-state index in [1.807, 2.05) is 22.8 Å². The Bertz CT molecular complexity index is 769. The molecule has 0 saturated heterocycles. The summed E-state index contributed by atoms with van der Waals surface area (Å²) in [4.78, 5) is 45.3. The summed E-state index contributed by atoms with van der Waals surface area (Å²) in [5.41, 5.74) is 0. The van der Waals surface area contributed by atoms with E-state index in [9.17, 15) is 24.5 Å². The average molecular weight is 367 g/mol. The molecule has 0 fully saturated rings. The van der Waals surface area contributed by atoms with Crippen molar-refractivity contribution in [1.29, 1.82) is 0 Å². The molecule has 3 amide bonds. The number of rotatable bonds is 7. The van der Waals surface area contributed by atoms with Crippen LogP contribution in [0, 0.1) is 10.1 Å². The van der Waals surface area contributed by atoms with Gasteiger partial charge < -0.3 is 14.5 Å². The molecule has 0 bridgehead atoms. The summed E-state index contributed by atoms with van der Waals surface area (Å²) in [6.07, 6.45) is 0.630. The number of ether oxygens (including phenoxy) is 1. The molecule has 0 aliphatic heterocycles. The second-order valence-electron chi connectivity index (χ2n) is 4.60. The minimum Gasteiger partial charge on any atom is -0.450 e. The van der Waals surface area contributed by atoms with Crippen LogP contribution in [0.4, 0.5) is 10.7 Å². The number of nitrogens with one attached hydrogen (secondary N) is 2. The SMILES string of the molecule is O=C(COC(=O)c1ccc([N+](=O)[O-])o1)NC(=O)NCCc1cccs1. The van der Waals surface area contributed by atoms with E-state index in [1.54, 1.807) is 11.3 Å². The number of esters is 1. The summed E-state index contributed by atoms with van der Waals surface area (Å²) in [6, 6.07) is 5.14. The van der Waals surface area contributed by atoms with Crippen LogP contribution in [0.1, 0.15) is 15.4 Å². The summed E-state index contributed by atoms with van der Waals surface area (Å²) >= 11 is 1.55. The zero-order valence-electron chi connectivity index (χ0n) is 12.7. The fourth-order valence-corrected chi connectivity index (χ4v) is 2.41. The molecule has 0 aliphatic carbocycles. The van der Waals surface area contributed by atoms with Gasteiger partial charge in [-0.3, -0.25) is 20.2 Å². The number of thiophene rings is 1. The van der Waals surface area contributed by atoms with Gasteiger partial charge in [0.1, 0.15) is 4.92 Å². The van der Waals surface area contributed by atoms with Crippen LogP contribution in [0.2, 0.25) is 0 Å². The average Bonchev–Trinajstić information content (AvgIpc) is 3.24. The Hall–Kier alpha value is -3.21. The van der Waals surface area contributed by atoms with E-state index in [4.69, 9.17) is 0 Å². The quantitative estimate of drug-likeness (QED) is 0.429. The fraction of sp³-hybridized carbons (Fsp3) is 0.214. The van der Waals surface area contributed by atoms with Crippen LogP contribution in [0.25, 0.3) is 0 Å². The molecule has 2 rings (SSSR count). The highest BCUT2D eigenvalue weighted by molar-refractivity contribution is 7.09. The lowest BCUT2D eigenvalue weighted by molar-refractivity contribution is -0.402. The maximum Gasteiger partial charge on any atom is 0.433 e. The summed E-state index contributed by atoms with van der Waals surface area (Å²) in [6.45, 7) is -0.388. The van der Waals surface area contributed by atoms with E-state index in [2.05, 4.69) is 14.5 Å². The van der Waals surface area contributed by atoms with Gasteiger partial charge in [-0.1, -0.05) is 6.07 Å². The van der Waals surface area contributed by atoms with Crippen molar-refractivity contribution in [2.45, 2.75) is 6.42 Å². The maximum atomic E-state index is 11.6. The third-order valence-corrected chi connectivity index (χ3v) is 3.73. The van der Waals surface area contributed by atoms with Crippen LogP contribution in [-0.4, -0.2) is 36.0 Å². The van der Waals surface area contributed by atoms with Gasteiger partial charge in [-0.05, 0) is 23.9 Å². The lowest BCUT2D eigenvalue weighted by Crippen LogP contribution is -2.42. The highest BCUT2D eigenvalue weighted by Crippen LogP contribution is 2.16. The molecule has 0 radical (unpaired) electrons. The van der Waals surface area contributed by atoms with Gasteiger partial charge in [-0.15, -0.1) is 11.3 Å². The second-order valence-corrected chi connectivity index (χ2v) is 5.64. The molecule has 0 atom stereocenters. The maximum absolute atomic E-state index is 11.6. The number of hydrogen-bond donors (Lipinski definition) is 2. The lowest BCUT2D eigenvalue weighted by Gasteiger charge is -2.06. The Morgan fingerprint density at radius 1 is 1.28 bits per heavy atom. The van der Waals surface area contributed by atoms with Gasteiger partial charge in [0.25, 0.3) is 5.91 Å². The van der Waals surface area contributed by atoms with Crippen molar-refractivity contribution in [2.24, 2.45) is 0 Å². The van der Waals surface area contributed by atoms with Crippen molar-refractivity contribution in [3.05, 3.63) is 50.4 Å². The molecule has 0 aromatic carbocycles. The number of nitro groups is 1. The molecule has 0 saturated carbocycles. The highest BCUT2D eigenvalue weighted by Gasteiger charge is 2.19. The number of urea groups is 1. The number of amides is 3. The third kappa shape index (κ3) is 5.73. The smallest absolute Gasteiger partial charge is 0.433 e. The zero-order valence-corrected chi connectivity index (χ0v) is 13.5. The van der Waals surface area contributed by atoms with E-state index in [1.165, 1.54) is 0 Å². The number of imide groups is 1. The van der Waals surface area contributed by atoms with Crippen molar-refractivity contribution in [2.75, 3.05) is 13.2 Å². The summed E-state index contributed by atoms with van der Waals surface area (Å²) in [7, 11) is 0. The van der Waals surface area contributed by atoms with Crippen LogP contribution < -0.4 is 10.6 Å². The first-order valence-corrected chi connectivity index (χ1v) is 7.85. The Morgan fingerprint density at radius 2 is 2.08 bits per heavy atom. The second kappa shape index (κ2) is 8.59. The van der Waals surface area contributed by atoms with E-state index in [0.29, 0.717) is 13.0 Å². The molecule has 2 N–H and O–H groups in total. The summed E-state index contributed by atoms with van der Waals surface area (Å²) < 4.78 is 9.23. The van der Waals surface area contributed by atoms with E-state index >= 15 is 0 Å². The van der Waals surface area contributed by atoms with Crippen LogP contribution >= 0.6 is 11.3 Å². The first kappa shape index (κ1) is 18.1. The molecule has 0 spiro atoms. The minimum atomic E-state index is -1.05. The van der Waals surface area contributed by atoms with Gasteiger partial charge in [-0.25, -0.2) is 9.59 Å².